The van der Waals surface area contributed by atoms with E-state index in [0.717, 1.165) is 5.52 Å². The van der Waals surface area contributed by atoms with Crippen LogP contribution >= 0.6 is 0 Å². The van der Waals surface area contributed by atoms with Crippen LogP contribution in [0.5, 0.6) is 0 Å². The third-order valence-electron chi connectivity index (χ3n) is 3.68. The van der Waals surface area contributed by atoms with Crippen molar-refractivity contribution in [3.63, 3.8) is 0 Å². The van der Waals surface area contributed by atoms with Crippen LogP contribution in [-0.2, 0) is 4.79 Å². The standard InChI is InChI=1S/C16H12N4O2.C3H8/c21-15-9-20(14-4-2-1-3-13(14)18-15)16(22)11-5-6-19-10-17-8-12(19)7-11;1-3-2/h1-8,10H,9H2,(H,18,21);3H2,1-2H3. The minimum Gasteiger partial charge on any atom is -0.323 e. The van der Waals surface area contributed by atoms with Crippen LogP contribution in [0.1, 0.15) is 30.6 Å². The van der Waals surface area contributed by atoms with Crippen LogP contribution in [-0.4, -0.2) is 27.7 Å². The average molecular weight is 336 g/mol. The third kappa shape index (κ3) is 3.38. The molecule has 4 rings (SSSR count). The number of imidazole rings is 1. The Hall–Kier alpha value is -3.15. The molecule has 6 heteroatoms. The summed E-state index contributed by atoms with van der Waals surface area (Å²) in [6.45, 7) is 4.26. The Morgan fingerprint density at radius 1 is 1.24 bits per heavy atom. The lowest BCUT2D eigenvalue weighted by molar-refractivity contribution is -0.115. The van der Waals surface area contributed by atoms with E-state index in [1.165, 1.54) is 11.3 Å². The molecular weight excluding hydrogens is 316 g/mol. The fourth-order valence-electron chi connectivity index (χ4n) is 2.62. The van der Waals surface area contributed by atoms with Crippen molar-refractivity contribution in [2.75, 3.05) is 16.8 Å². The zero-order valence-corrected chi connectivity index (χ0v) is 14.3. The number of hydrogen-bond donors (Lipinski definition) is 1. The van der Waals surface area contributed by atoms with Crippen molar-refractivity contribution in [2.24, 2.45) is 0 Å². The van der Waals surface area contributed by atoms with E-state index in [1.807, 2.05) is 22.6 Å². The van der Waals surface area contributed by atoms with Gasteiger partial charge in [0.1, 0.15) is 6.54 Å². The molecule has 0 saturated carbocycles. The number of nitrogens with zero attached hydrogens (tertiary/aromatic N) is 3. The highest BCUT2D eigenvalue weighted by Gasteiger charge is 2.27. The largest absolute Gasteiger partial charge is 0.323 e. The van der Waals surface area contributed by atoms with Gasteiger partial charge in [-0.25, -0.2) is 4.98 Å². The summed E-state index contributed by atoms with van der Waals surface area (Å²) in [5, 5.41) is 2.77. The number of amides is 2. The molecule has 1 aliphatic heterocycles. The van der Waals surface area contributed by atoms with Crippen molar-refractivity contribution in [3.05, 3.63) is 60.7 Å². The summed E-state index contributed by atoms with van der Waals surface area (Å²) in [6.07, 6.45) is 6.40. The third-order valence-corrected chi connectivity index (χ3v) is 3.68. The lowest BCUT2D eigenvalue weighted by atomic mass is 10.1. The number of benzene rings is 1. The van der Waals surface area contributed by atoms with Crippen LogP contribution < -0.4 is 10.2 Å². The lowest BCUT2D eigenvalue weighted by Crippen LogP contribution is -2.42. The van der Waals surface area contributed by atoms with E-state index in [0.29, 0.717) is 16.9 Å². The number of hydrogen-bond acceptors (Lipinski definition) is 3. The second-order valence-corrected chi connectivity index (χ2v) is 5.80. The van der Waals surface area contributed by atoms with Crippen LogP contribution in [0.3, 0.4) is 0 Å². The van der Waals surface area contributed by atoms with E-state index in [2.05, 4.69) is 24.1 Å². The Bertz CT molecular complexity index is 916. The van der Waals surface area contributed by atoms with Gasteiger partial charge in [0, 0.05) is 11.8 Å². The highest BCUT2D eigenvalue weighted by atomic mass is 16.2. The number of fused-ring (bicyclic) bond motifs is 2. The fraction of sp³-hybridized carbons (Fsp3) is 0.211. The molecule has 2 amide bonds. The molecule has 1 N–H and O–H groups in total. The topological polar surface area (TPSA) is 66.7 Å². The summed E-state index contributed by atoms with van der Waals surface area (Å²) in [6, 6.07) is 10.8. The maximum absolute atomic E-state index is 12.8. The van der Waals surface area contributed by atoms with Crippen LogP contribution in [0.4, 0.5) is 11.4 Å². The second-order valence-electron chi connectivity index (χ2n) is 5.80. The molecule has 0 aliphatic carbocycles. The molecule has 25 heavy (non-hydrogen) atoms. The van der Waals surface area contributed by atoms with Crippen molar-refractivity contribution in [1.82, 2.24) is 9.38 Å². The summed E-state index contributed by atoms with van der Waals surface area (Å²) in [7, 11) is 0. The number of nitrogens with one attached hydrogen (secondary N) is 1. The lowest BCUT2D eigenvalue weighted by Gasteiger charge is -2.29. The number of carbonyl (C=O) groups excluding carboxylic acids is 2. The summed E-state index contributed by atoms with van der Waals surface area (Å²) >= 11 is 0. The highest BCUT2D eigenvalue weighted by Crippen LogP contribution is 2.30. The van der Waals surface area contributed by atoms with E-state index in [-0.39, 0.29) is 18.4 Å². The van der Waals surface area contributed by atoms with Crippen molar-refractivity contribution in [3.8, 4) is 0 Å². The first-order valence-electron chi connectivity index (χ1n) is 8.26. The first-order chi connectivity index (χ1) is 12.1. The second kappa shape index (κ2) is 7.17. The first-order valence-corrected chi connectivity index (χ1v) is 8.26. The number of pyridine rings is 1. The zero-order chi connectivity index (χ0) is 17.8. The average Bonchev–Trinajstić information content (AvgIpc) is 3.08. The molecule has 3 heterocycles. The Kier molecular flexibility index (Phi) is 4.79. The Balaban J connectivity index is 0.000000569. The quantitative estimate of drug-likeness (QED) is 0.741. The van der Waals surface area contributed by atoms with Gasteiger partial charge < -0.3 is 9.72 Å². The molecule has 3 aromatic rings. The molecule has 128 valence electrons. The van der Waals surface area contributed by atoms with Crippen LogP contribution in [0.2, 0.25) is 0 Å². The summed E-state index contributed by atoms with van der Waals surface area (Å²) in [5.74, 6) is -0.400. The Labute approximate surface area is 146 Å². The molecule has 0 spiro atoms. The summed E-state index contributed by atoms with van der Waals surface area (Å²) in [5.41, 5.74) is 2.72. The van der Waals surface area contributed by atoms with E-state index in [4.69, 9.17) is 0 Å². The van der Waals surface area contributed by atoms with Gasteiger partial charge in [-0.15, -0.1) is 0 Å². The number of anilines is 2. The normalized spacial score (nSPS) is 12.9. The van der Waals surface area contributed by atoms with E-state index in [1.54, 1.807) is 36.9 Å². The summed E-state index contributed by atoms with van der Waals surface area (Å²) < 4.78 is 1.83. The first kappa shape index (κ1) is 16.7. The number of rotatable bonds is 1. The maximum atomic E-state index is 12.8. The van der Waals surface area contributed by atoms with E-state index >= 15 is 0 Å². The molecule has 0 radical (unpaired) electrons. The molecule has 0 fully saturated rings. The van der Waals surface area contributed by atoms with Crippen molar-refractivity contribution >= 4 is 28.7 Å². The van der Waals surface area contributed by atoms with Gasteiger partial charge in [-0.1, -0.05) is 32.4 Å². The predicted molar refractivity (Wildman–Crippen MR) is 97.9 cm³/mol. The predicted octanol–water partition coefficient (Wildman–Crippen LogP) is 3.35. The van der Waals surface area contributed by atoms with Gasteiger partial charge in [0.2, 0.25) is 5.91 Å². The van der Waals surface area contributed by atoms with Crippen molar-refractivity contribution in [2.45, 2.75) is 20.3 Å². The molecule has 6 nitrogen and oxygen atoms in total. The fourth-order valence-corrected chi connectivity index (χ4v) is 2.62. The van der Waals surface area contributed by atoms with Gasteiger partial charge in [-0.2, -0.15) is 0 Å². The van der Waals surface area contributed by atoms with Gasteiger partial charge in [0.05, 0.1) is 29.4 Å². The Morgan fingerprint density at radius 2 is 2.00 bits per heavy atom. The SMILES string of the molecule is CCC.O=C1CN(C(=O)c2ccn3cncc3c2)c2ccccc2N1. The molecule has 0 atom stereocenters. The molecule has 2 aromatic heterocycles. The molecule has 1 aromatic carbocycles. The molecule has 1 aliphatic rings. The van der Waals surface area contributed by atoms with Crippen LogP contribution in [0, 0.1) is 0 Å². The maximum Gasteiger partial charge on any atom is 0.258 e. The zero-order valence-electron chi connectivity index (χ0n) is 14.3. The van der Waals surface area contributed by atoms with E-state index in [9.17, 15) is 9.59 Å². The van der Waals surface area contributed by atoms with Crippen LogP contribution in [0.25, 0.3) is 5.52 Å². The molecule has 0 bridgehead atoms. The highest BCUT2D eigenvalue weighted by molar-refractivity contribution is 6.15. The minimum atomic E-state index is -0.203. The summed E-state index contributed by atoms with van der Waals surface area (Å²) in [4.78, 5) is 30.1. The number of carbonyl (C=O) groups is 2. The number of para-hydroxylation sites is 2. The molecule has 0 unspecified atom stereocenters. The van der Waals surface area contributed by atoms with Crippen LogP contribution in [0.15, 0.2) is 55.1 Å². The smallest absolute Gasteiger partial charge is 0.258 e. The number of aromatic nitrogens is 2. The molecular formula is C19H20N4O2. The Morgan fingerprint density at radius 3 is 2.80 bits per heavy atom. The van der Waals surface area contributed by atoms with Crippen molar-refractivity contribution < 1.29 is 9.59 Å². The van der Waals surface area contributed by atoms with E-state index < -0.39 is 0 Å². The molecule has 0 saturated heterocycles. The van der Waals surface area contributed by atoms with Gasteiger partial charge in [0.15, 0.2) is 0 Å². The van der Waals surface area contributed by atoms with Crippen molar-refractivity contribution in [1.29, 1.82) is 0 Å². The minimum absolute atomic E-state index is 0.0142. The van der Waals surface area contributed by atoms with Gasteiger partial charge in [0.25, 0.3) is 5.91 Å². The van der Waals surface area contributed by atoms with Gasteiger partial charge in [-0.3, -0.25) is 14.5 Å². The van der Waals surface area contributed by atoms with Gasteiger partial charge in [-0.05, 0) is 24.3 Å². The van der Waals surface area contributed by atoms with Gasteiger partial charge >= 0.3 is 0 Å². The monoisotopic (exact) mass is 336 g/mol.